The Hall–Kier alpha value is -0.740. The molecule has 1 aromatic carbocycles. The number of hydrogen-bond donors (Lipinski definition) is 2. The highest BCUT2D eigenvalue weighted by Gasteiger charge is 2.06. The van der Waals surface area contributed by atoms with Gasteiger partial charge in [-0.25, -0.2) is 0 Å². The molecule has 2 aromatic rings. The molecule has 0 unspecified atom stereocenters. The number of fused-ring (bicyclic) bond motifs is 1. The summed E-state index contributed by atoms with van der Waals surface area (Å²) in [6.07, 6.45) is 0. The molecule has 0 bridgehead atoms. The summed E-state index contributed by atoms with van der Waals surface area (Å²) in [5.74, 6) is 0.270. The maximum atomic E-state index is 9.41. The number of alkyl halides is 1. The van der Waals surface area contributed by atoms with Crippen LogP contribution in [0, 0.1) is 0 Å². The van der Waals surface area contributed by atoms with E-state index >= 15 is 0 Å². The number of nitrogens with two attached hydrogens (primary N) is 1. The van der Waals surface area contributed by atoms with Crippen molar-refractivity contribution in [1.29, 1.82) is 0 Å². The first-order valence-corrected chi connectivity index (χ1v) is 5.77. The van der Waals surface area contributed by atoms with Crippen molar-refractivity contribution in [3.63, 3.8) is 0 Å². The van der Waals surface area contributed by atoms with Gasteiger partial charge >= 0.3 is 0 Å². The predicted molar refractivity (Wildman–Crippen MR) is 60.5 cm³/mol. The lowest BCUT2D eigenvalue weighted by Gasteiger charge is -2.00. The molecule has 4 heteroatoms. The van der Waals surface area contributed by atoms with Gasteiger partial charge in [-0.05, 0) is 17.7 Å². The molecule has 0 atom stereocenters. The third-order valence-corrected chi connectivity index (χ3v) is 3.60. The lowest BCUT2D eigenvalue weighted by molar-refractivity contribution is 0.476. The fourth-order valence-corrected chi connectivity index (χ4v) is 2.90. The van der Waals surface area contributed by atoms with E-state index in [2.05, 4.69) is 15.9 Å². The van der Waals surface area contributed by atoms with Crippen LogP contribution in [0.4, 0.5) is 5.69 Å². The number of phenols is 1. The van der Waals surface area contributed by atoms with Crippen LogP contribution >= 0.6 is 27.3 Å². The summed E-state index contributed by atoms with van der Waals surface area (Å²) in [6.45, 7) is 0. The van der Waals surface area contributed by atoms with Crippen LogP contribution in [0.2, 0.25) is 0 Å². The van der Waals surface area contributed by atoms with Crippen LogP contribution in [0.1, 0.15) is 5.56 Å². The number of anilines is 1. The van der Waals surface area contributed by atoms with Gasteiger partial charge in [0.15, 0.2) is 0 Å². The number of rotatable bonds is 1. The second kappa shape index (κ2) is 3.20. The zero-order valence-electron chi connectivity index (χ0n) is 6.75. The molecule has 0 saturated heterocycles. The van der Waals surface area contributed by atoms with Gasteiger partial charge in [0.25, 0.3) is 0 Å². The summed E-state index contributed by atoms with van der Waals surface area (Å²) in [7, 11) is 0. The number of aromatic hydroxyl groups is 1. The van der Waals surface area contributed by atoms with E-state index < -0.39 is 0 Å². The van der Waals surface area contributed by atoms with Crippen molar-refractivity contribution in [3.05, 3.63) is 23.1 Å². The van der Waals surface area contributed by atoms with Gasteiger partial charge in [-0.3, -0.25) is 0 Å². The van der Waals surface area contributed by atoms with E-state index in [4.69, 9.17) is 5.73 Å². The number of hydrogen-bond acceptors (Lipinski definition) is 3. The topological polar surface area (TPSA) is 46.2 Å². The molecule has 2 rings (SSSR count). The van der Waals surface area contributed by atoms with Gasteiger partial charge in [-0.15, -0.1) is 11.3 Å². The number of benzene rings is 1. The van der Waals surface area contributed by atoms with E-state index in [9.17, 15) is 5.11 Å². The molecule has 0 spiro atoms. The minimum atomic E-state index is 0.270. The van der Waals surface area contributed by atoms with Gasteiger partial charge in [0, 0.05) is 20.8 Å². The predicted octanol–water partition coefficient (Wildman–Crippen LogP) is 3.08. The Morgan fingerprint density at radius 3 is 2.92 bits per heavy atom. The number of thiophene rings is 1. The lowest BCUT2D eigenvalue weighted by Crippen LogP contribution is -1.82. The average molecular weight is 258 g/mol. The second-order valence-electron chi connectivity index (χ2n) is 2.81. The molecule has 0 saturated carbocycles. The van der Waals surface area contributed by atoms with Crippen molar-refractivity contribution in [2.45, 2.75) is 5.33 Å². The third kappa shape index (κ3) is 1.40. The summed E-state index contributed by atoms with van der Waals surface area (Å²) >= 11 is 4.98. The highest BCUT2D eigenvalue weighted by atomic mass is 79.9. The Morgan fingerprint density at radius 1 is 1.46 bits per heavy atom. The van der Waals surface area contributed by atoms with Gasteiger partial charge < -0.3 is 10.8 Å². The zero-order chi connectivity index (χ0) is 9.42. The Kier molecular flexibility index (Phi) is 2.17. The lowest BCUT2D eigenvalue weighted by atomic mass is 10.1. The molecule has 0 fully saturated rings. The minimum Gasteiger partial charge on any atom is -0.508 e. The molecule has 2 nitrogen and oxygen atoms in total. The molecule has 0 aliphatic heterocycles. The van der Waals surface area contributed by atoms with Gasteiger partial charge in [-0.2, -0.15) is 0 Å². The molecular formula is C9H8BrNOS. The van der Waals surface area contributed by atoms with Crippen LogP contribution in [0.5, 0.6) is 5.75 Å². The first-order valence-electron chi connectivity index (χ1n) is 3.77. The van der Waals surface area contributed by atoms with E-state index in [1.807, 2.05) is 5.38 Å². The Labute approximate surface area is 88.1 Å². The van der Waals surface area contributed by atoms with Crippen molar-refractivity contribution >= 4 is 43.0 Å². The van der Waals surface area contributed by atoms with E-state index in [1.165, 1.54) is 0 Å². The second-order valence-corrected chi connectivity index (χ2v) is 4.25. The van der Waals surface area contributed by atoms with Crippen molar-refractivity contribution in [2.24, 2.45) is 0 Å². The largest absolute Gasteiger partial charge is 0.508 e. The molecule has 3 N–H and O–H groups in total. The average Bonchev–Trinajstić information content (AvgIpc) is 2.47. The summed E-state index contributed by atoms with van der Waals surface area (Å²) in [4.78, 5) is 0. The number of halogens is 1. The first kappa shape index (κ1) is 8.84. The normalized spacial score (nSPS) is 10.8. The quantitative estimate of drug-likeness (QED) is 0.772. The first-order chi connectivity index (χ1) is 6.22. The van der Waals surface area contributed by atoms with Gasteiger partial charge in [0.2, 0.25) is 0 Å². The summed E-state index contributed by atoms with van der Waals surface area (Å²) in [5, 5.41) is 13.0. The standard InChI is InChI=1S/C9H8BrNOS/c10-3-5-1-6(12)2-7-8(11)4-13-9(5)7/h1-2,4,12H,3,11H2. The van der Waals surface area contributed by atoms with Crippen LogP contribution in [-0.4, -0.2) is 5.11 Å². The van der Waals surface area contributed by atoms with Gasteiger partial charge in [0.05, 0.1) is 5.69 Å². The highest BCUT2D eigenvalue weighted by molar-refractivity contribution is 9.08. The molecule has 1 aromatic heterocycles. The molecule has 0 aliphatic carbocycles. The highest BCUT2D eigenvalue weighted by Crippen LogP contribution is 2.34. The van der Waals surface area contributed by atoms with Crippen LogP contribution in [0.15, 0.2) is 17.5 Å². The monoisotopic (exact) mass is 257 g/mol. The zero-order valence-corrected chi connectivity index (χ0v) is 9.15. The van der Waals surface area contributed by atoms with Crippen molar-refractivity contribution in [1.82, 2.24) is 0 Å². The summed E-state index contributed by atoms with van der Waals surface area (Å²) < 4.78 is 1.15. The van der Waals surface area contributed by atoms with Crippen molar-refractivity contribution in [2.75, 3.05) is 5.73 Å². The van der Waals surface area contributed by atoms with E-state index in [0.29, 0.717) is 0 Å². The minimum absolute atomic E-state index is 0.270. The van der Waals surface area contributed by atoms with Crippen LogP contribution in [-0.2, 0) is 5.33 Å². The van der Waals surface area contributed by atoms with Gasteiger partial charge in [-0.1, -0.05) is 15.9 Å². The van der Waals surface area contributed by atoms with Crippen molar-refractivity contribution in [3.8, 4) is 5.75 Å². The van der Waals surface area contributed by atoms with Crippen molar-refractivity contribution < 1.29 is 5.11 Å². The van der Waals surface area contributed by atoms with Gasteiger partial charge in [0.1, 0.15) is 5.75 Å². The Bertz CT molecular complexity index is 452. The summed E-state index contributed by atoms with van der Waals surface area (Å²) in [6, 6.07) is 3.46. The Morgan fingerprint density at radius 2 is 2.23 bits per heavy atom. The number of phenolic OH excluding ortho intramolecular Hbond substituents is 1. The SMILES string of the molecule is Nc1csc2c(CBr)cc(O)cc12. The van der Waals surface area contributed by atoms with E-state index in [0.717, 1.165) is 26.7 Å². The molecule has 0 amide bonds. The molecule has 0 aliphatic rings. The van der Waals surface area contributed by atoms with E-state index in [1.54, 1.807) is 23.5 Å². The fraction of sp³-hybridized carbons (Fsp3) is 0.111. The maximum absolute atomic E-state index is 9.41. The fourth-order valence-electron chi connectivity index (χ4n) is 1.31. The molecular weight excluding hydrogens is 250 g/mol. The summed E-state index contributed by atoms with van der Waals surface area (Å²) in [5.41, 5.74) is 7.57. The third-order valence-electron chi connectivity index (χ3n) is 1.91. The van der Waals surface area contributed by atoms with Crippen LogP contribution in [0.25, 0.3) is 10.1 Å². The smallest absolute Gasteiger partial charge is 0.116 e. The maximum Gasteiger partial charge on any atom is 0.116 e. The molecule has 1 heterocycles. The molecule has 0 radical (unpaired) electrons. The van der Waals surface area contributed by atoms with Crippen LogP contribution < -0.4 is 5.73 Å². The van der Waals surface area contributed by atoms with Crippen LogP contribution in [0.3, 0.4) is 0 Å². The Balaban J connectivity index is 2.84. The molecule has 13 heavy (non-hydrogen) atoms. The van der Waals surface area contributed by atoms with E-state index in [-0.39, 0.29) is 5.75 Å². The number of nitrogen functional groups attached to an aromatic ring is 1. The molecule has 68 valence electrons.